The lowest BCUT2D eigenvalue weighted by atomic mass is 10.2. The second kappa shape index (κ2) is 8.47. The standard InChI is InChI=1S/C21H21N3O5/c1-13-12-22-21(27)24(13)16-10-8-15(9-11-16)20(26)29-14(2)19(25)23-17-6-4-5-7-18(17)28-3/h4-12,14H,1-3H3,(H,22,27)(H,23,25). The van der Waals surface area contributed by atoms with E-state index >= 15 is 0 Å². The molecule has 0 aliphatic carbocycles. The van der Waals surface area contributed by atoms with E-state index in [4.69, 9.17) is 9.47 Å². The number of esters is 1. The lowest BCUT2D eigenvalue weighted by Gasteiger charge is -2.15. The van der Waals surface area contributed by atoms with Crippen molar-refractivity contribution >= 4 is 17.6 Å². The number of aromatic nitrogens is 2. The number of nitrogens with zero attached hydrogens (tertiary/aromatic N) is 1. The van der Waals surface area contributed by atoms with E-state index in [0.29, 0.717) is 17.1 Å². The lowest BCUT2D eigenvalue weighted by Crippen LogP contribution is -2.30. The van der Waals surface area contributed by atoms with E-state index in [2.05, 4.69) is 10.3 Å². The Bertz CT molecular complexity index is 1080. The highest BCUT2D eigenvalue weighted by Crippen LogP contribution is 2.23. The minimum atomic E-state index is -1.01. The molecule has 0 bridgehead atoms. The van der Waals surface area contributed by atoms with Crippen molar-refractivity contribution in [3.63, 3.8) is 0 Å². The van der Waals surface area contributed by atoms with E-state index in [1.165, 1.54) is 18.6 Å². The number of aromatic amines is 1. The first kappa shape index (κ1) is 19.9. The number of amides is 1. The molecule has 0 fully saturated rings. The molecule has 1 heterocycles. The maximum Gasteiger partial charge on any atom is 0.338 e. The van der Waals surface area contributed by atoms with Crippen LogP contribution >= 0.6 is 0 Å². The zero-order chi connectivity index (χ0) is 21.0. The molecular weight excluding hydrogens is 374 g/mol. The van der Waals surface area contributed by atoms with Crippen LogP contribution in [-0.2, 0) is 9.53 Å². The second-order valence-corrected chi connectivity index (χ2v) is 6.35. The minimum absolute atomic E-state index is 0.264. The summed E-state index contributed by atoms with van der Waals surface area (Å²) in [4.78, 5) is 39.2. The Morgan fingerprint density at radius 2 is 1.79 bits per heavy atom. The van der Waals surface area contributed by atoms with Crippen molar-refractivity contribution in [1.29, 1.82) is 0 Å². The predicted molar refractivity (Wildman–Crippen MR) is 108 cm³/mol. The summed E-state index contributed by atoms with van der Waals surface area (Å²) in [6, 6.07) is 13.3. The van der Waals surface area contributed by atoms with Crippen LogP contribution < -0.4 is 15.7 Å². The number of aryl methyl sites for hydroxylation is 1. The topological polar surface area (TPSA) is 102 Å². The summed E-state index contributed by atoms with van der Waals surface area (Å²) < 4.78 is 11.9. The molecule has 2 aromatic carbocycles. The van der Waals surface area contributed by atoms with Gasteiger partial charge in [-0.3, -0.25) is 9.36 Å². The molecule has 0 saturated heterocycles. The molecule has 8 heteroatoms. The van der Waals surface area contributed by atoms with Crippen molar-refractivity contribution in [1.82, 2.24) is 9.55 Å². The van der Waals surface area contributed by atoms with Gasteiger partial charge in [0.15, 0.2) is 6.10 Å². The molecule has 0 aliphatic rings. The fourth-order valence-corrected chi connectivity index (χ4v) is 2.79. The highest BCUT2D eigenvalue weighted by Gasteiger charge is 2.20. The van der Waals surface area contributed by atoms with Crippen LogP contribution in [0.5, 0.6) is 5.75 Å². The lowest BCUT2D eigenvalue weighted by molar-refractivity contribution is -0.123. The van der Waals surface area contributed by atoms with Crippen LogP contribution in [0.25, 0.3) is 5.69 Å². The van der Waals surface area contributed by atoms with Crippen molar-refractivity contribution in [3.05, 3.63) is 76.5 Å². The first-order valence-corrected chi connectivity index (χ1v) is 8.93. The molecule has 8 nitrogen and oxygen atoms in total. The van der Waals surface area contributed by atoms with E-state index in [-0.39, 0.29) is 11.3 Å². The first-order valence-electron chi connectivity index (χ1n) is 8.93. The van der Waals surface area contributed by atoms with E-state index in [1.54, 1.807) is 61.7 Å². The van der Waals surface area contributed by atoms with Gasteiger partial charge in [0.25, 0.3) is 5.91 Å². The van der Waals surface area contributed by atoms with Crippen LogP contribution in [-0.4, -0.2) is 34.6 Å². The number of hydrogen-bond donors (Lipinski definition) is 2. The van der Waals surface area contributed by atoms with Crippen LogP contribution in [0.15, 0.2) is 59.5 Å². The summed E-state index contributed by atoms with van der Waals surface area (Å²) in [7, 11) is 1.50. The number of methoxy groups -OCH3 is 1. The molecule has 1 amide bonds. The van der Waals surface area contributed by atoms with Crippen LogP contribution in [0.1, 0.15) is 23.0 Å². The Labute approximate surface area is 167 Å². The minimum Gasteiger partial charge on any atom is -0.495 e. The van der Waals surface area contributed by atoms with Gasteiger partial charge >= 0.3 is 11.7 Å². The van der Waals surface area contributed by atoms with Crippen molar-refractivity contribution in [2.24, 2.45) is 0 Å². The molecule has 2 N–H and O–H groups in total. The van der Waals surface area contributed by atoms with Crippen molar-refractivity contribution in [3.8, 4) is 11.4 Å². The molecule has 0 radical (unpaired) electrons. The molecular formula is C21H21N3O5. The largest absolute Gasteiger partial charge is 0.495 e. The molecule has 29 heavy (non-hydrogen) atoms. The van der Waals surface area contributed by atoms with Crippen molar-refractivity contribution in [2.45, 2.75) is 20.0 Å². The average molecular weight is 395 g/mol. The Balaban J connectivity index is 1.66. The Morgan fingerprint density at radius 1 is 1.10 bits per heavy atom. The Morgan fingerprint density at radius 3 is 2.41 bits per heavy atom. The monoisotopic (exact) mass is 395 g/mol. The maximum atomic E-state index is 12.4. The molecule has 1 atom stereocenters. The number of carbonyl (C=O) groups excluding carboxylic acids is 2. The fourth-order valence-electron chi connectivity index (χ4n) is 2.79. The summed E-state index contributed by atoms with van der Waals surface area (Å²) in [5, 5.41) is 2.68. The normalized spacial score (nSPS) is 11.6. The molecule has 0 saturated carbocycles. The van der Waals surface area contributed by atoms with E-state index in [9.17, 15) is 14.4 Å². The number of benzene rings is 2. The van der Waals surface area contributed by atoms with E-state index < -0.39 is 18.0 Å². The molecule has 1 aromatic heterocycles. The smallest absolute Gasteiger partial charge is 0.338 e. The summed E-state index contributed by atoms with van der Waals surface area (Å²) in [5.74, 6) is -0.614. The number of ether oxygens (including phenoxy) is 2. The van der Waals surface area contributed by atoms with Crippen LogP contribution in [0, 0.1) is 6.92 Å². The number of carbonyl (C=O) groups is 2. The zero-order valence-corrected chi connectivity index (χ0v) is 16.3. The van der Waals surface area contributed by atoms with E-state index in [1.807, 2.05) is 0 Å². The number of rotatable bonds is 6. The number of hydrogen-bond acceptors (Lipinski definition) is 5. The van der Waals surface area contributed by atoms with Crippen LogP contribution in [0.4, 0.5) is 5.69 Å². The van der Waals surface area contributed by atoms with Gasteiger partial charge in [-0.2, -0.15) is 0 Å². The molecule has 0 spiro atoms. The van der Waals surface area contributed by atoms with Crippen LogP contribution in [0.3, 0.4) is 0 Å². The predicted octanol–water partition coefficient (Wildman–Crippen LogP) is 2.67. The SMILES string of the molecule is COc1ccccc1NC(=O)C(C)OC(=O)c1ccc(-n2c(C)c[nH]c2=O)cc1. The highest BCUT2D eigenvalue weighted by molar-refractivity contribution is 5.98. The summed E-state index contributed by atoms with van der Waals surface area (Å²) in [5.41, 5.74) is 1.85. The maximum absolute atomic E-state index is 12.4. The van der Waals surface area contributed by atoms with Gasteiger partial charge in [-0.15, -0.1) is 0 Å². The molecule has 0 aliphatic heterocycles. The molecule has 1 unspecified atom stereocenters. The van der Waals surface area contributed by atoms with Crippen LogP contribution in [0.2, 0.25) is 0 Å². The summed E-state index contributed by atoms with van der Waals surface area (Å²) in [6.07, 6.45) is 0.591. The number of imidazole rings is 1. The quantitative estimate of drug-likeness (QED) is 0.625. The van der Waals surface area contributed by atoms with Crippen molar-refractivity contribution < 1.29 is 19.1 Å². The second-order valence-electron chi connectivity index (χ2n) is 6.35. The fraction of sp³-hybridized carbons (Fsp3) is 0.190. The molecule has 3 rings (SSSR count). The first-order chi connectivity index (χ1) is 13.9. The number of para-hydroxylation sites is 2. The number of H-pyrrole nitrogens is 1. The zero-order valence-electron chi connectivity index (χ0n) is 16.3. The van der Waals surface area contributed by atoms with Gasteiger partial charge in [-0.25, -0.2) is 9.59 Å². The third-order valence-corrected chi connectivity index (χ3v) is 4.34. The van der Waals surface area contributed by atoms with Gasteiger partial charge in [0.2, 0.25) is 0 Å². The number of anilines is 1. The third-order valence-electron chi connectivity index (χ3n) is 4.34. The van der Waals surface area contributed by atoms with Gasteiger partial charge in [-0.05, 0) is 50.2 Å². The van der Waals surface area contributed by atoms with Gasteiger partial charge in [-0.1, -0.05) is 12.1 Å². The van der Waals surface area contributed by atoms with Gasteiger partial charge in [0, 0.05) is 11.9 Å². The average Bonchev–Trinajstić information content (AvgIpc) is 3.06. The van der Waals surface area contributed by atoms with Crippen molar-refractivity contribution in [2.75, 3.05) is 12.4 Å². The Kier molecular flexibility index (Phi) is 5.82. The molecule has 3 aromatic rings. The summed E-state index contributed by atoms with van der Waals surface area (Å²) in [6.45, 7) is 3.28. The summed E-state index contributed by atoms with van der Waals surface area (Å²) >= 11 is 0. The molecule has 150 valence electrons. The highest BCUT2D eigenvalue weighted by atomic mass is 16.5. The number of nitrogens with one attached hydrogen (secondary N) is 2. The van der Waals surface area contributed by atoms with E-state index in [0.717, 1.165) is 5.69 Å². The Hall–Kier alpha value is -3.81. The van der Waals surface area contributed by atoms with Gasteiger partial charge in [0.05, 0.1) is 24.0 Å². The third kappa shape index (κ3) is 4.37. The van der Waals surface area contributed by atoms with Gasteiger partial charge < -0.3 is 19.8 Å². The van der Waals surface area contributed by atoms with Gasteiger partial charge in [0.1, 0.15) is 5.75 Å².